The standard InChI is InChI=1S/C15H25N3O/c1-4-14-11(2)17-12(3)18-15(14)16-8-7-13-6-5-9-19-10-13/h13H,4-10H2,1-3H3,(H,16,17,18)/t13-/m1/s1. The van der Waals surface area contributed by atoms with Gasteiger partial charge in [-0.05, 0) is 45.4 Å². The van der Waals surface area contributed by atoms with Crippen LogP contribution in [0.3, 0.4) is 0 Å². The fourth-order valence-corrected chi connectivity index (χ4v) is 2.74. The lowest BCUT2D eigenvalue weighted by Crippen LogP contribution is -2.20. The molecule has 1 aromatic heterocycles. The number of aryl methyl sites for hydroxylation is 2. The zero-order valence-corrected chi connectivity index (χ0v) is 12.3. The van der Waals surface area contributed by atoms with Gasteiger partial charge in [0.05, 0.1) is 0 Å². The molecule has 1 N–H and O–H groups in total. The summed E-state index contributed by atoms with van der Waals surface area (Å²) in [4.78, 5) is 8.97. The van der Waals surface area contributed by atoms with E-state index in [0.29, 0.717) is 5.92 Å². The largest absolute Gasteiger partial charge is 0.381 e. The summed E-state index contributed by atoms with van der Waals surface area (Å²) in [7, 11) is 0. The highest BCUT2D eigenvalue weighted by Crippen LogP contribution is 2.19. The minimum atomic E-state index is 0.704. The van der Waals surface area contributed by atoms with Gasteiger partial charge >= 0.3 is 0 Å². The van der Waals surface area contributed by atoms with Crippen LogP contribution in [-0.2, 0) is 11.2 Å². The Morgan fingerprint density at radius 2 is 2.16 bits per heavy atom. The lowest BCUT2D eigenvalue weighted by Gasteiger charge is -2.22. The second-order valence-corrected chi connectivity index (χ2v) is 5.34. The predicted octanol–water partition coefficient (Wildman–Crippen LogP) is 2.88. The minimum Gasteiger partial charge on any atom is -0.381 e. The van der Waals surface area contributed by atoms with Crippen molar-refractivity contribution >= 4 is 5.82 Å². The molecule has 4 nitrogen and oxygen atoms in total. The van der Waals surface area contributed by atoms with Gasteiger partial charge in [-0.15, -0.1) is 0 Å². The summed E-state index contributed by atoms with van der Waals surface area (Å²) in [6.07, 6.45) is 4.63. The molecule has 2 rings (SSSR count). The Hall–Kier alpha value is -1.16. The Labute approximate surface area is 116 Å². The minimum absolute atomic E-state index is 0.704. The molecule has 106 valence electrons. The maximum Gasteiger partial charge on any atom is 0.133 e. The van der Waals surface area contributed by atoms with Crippen LogP contribution in [0.2, 0.25) is 0 Å². The van der Waals surface area contributed by atoms with E-state index in [1.165, 1.54) is 18.4 Å². The number of nitrogens with zero attached hydrogens (tertiary/aromatic N) is 2. The first-order valence-electron chi connectivity index (χ1n) is 7.36. The van der Waals surface area contributed by atoms with Gasteiger partial charge in [-0.1, -0.05) is 6.92 Å². The van der Waals surface area contributed by atoms with E-state index in [9.17, 15) is 0 Å². The molecule has 0 bridgehead atoms. The lowest BCUT2D eigenvalue weighted by atomic mass is 9.99. The molecular formula is C15H25N3O. The molecule has 0 spiro atoms. The van der Waals surface area contributed by atoms with Gasteiger partial charge in [0.15, 0.2) is 0 Å². The van der Waals surface area contributed by atoms with E-state index in [0.717, 1.165) is 49.9 Å². The van der Waals surface area contributed by atoms with Gasteiger partial charge in [0.2, 0.25) is 0 Å². The molecule has 1 saturated heterocycles. The third-order valence-electron chi connectivity index (χ3n) is 3.78. The average Bonchev–Trinajstić information content (AvgIpc) is 2.39. The predicted molar refractivity (Wildman–Crippen MR) is 77.5 cm³/mol. The quantitative estimate of drug-likeness (QED) is 0.887. The van der Waals surface area contributed by atoms with E-state index >= 15 is 0 Å². The first-order chi connectivity index (χ1) is 9.20. The molecule has 0 saturated carbocycles. The number of aromatic nitrogens is 2. The van der Waals surface area contributed by atoms with E-state index in [4.69, 9.17) is 4.74 Å². The molecule has 1 aliphatic rings. The summed E-state index contributed by atoms with van der Waals surface area (Å²) in [5, 5.41) is 3.49. The maximum atomic E-state index is 5.51. The zero-order valence-electron chi connectivity index (χ0n) is 12.3. The van der Waals surface area contributed by atoms with Crippen LogP contribution in [-0.4, -0.2) is 29.7 Å². The van der Waals surface area contributed by atoms with Crippen LogP contribution in [0.15, 0.2) is 0 Å². The zero-order chi connectivity index (χ0) is 13.7. The van der Waals surface area contributed by atoms with Gasteiger partial charge < -0.3 is 10.1 Å². The van der Waals surface area contributed by atoms with E-state index in [1.54, 1.807) is 0 Å². The summed E-state index contributed by atoms with van der Waals surface area (Å²) >= 11 is 0. The molecule has 1 aromatic rings. The SMILES string of the molecule is CCc1c(C)nc(C)nc1NCC[C@H]1CCCOC1. The first kappa shape index (κ1) is 14.3. The van der Waals surface area contributed by atoms with Gasteiger partial charge in [0, 0.05) is 31.0 Å². The Kier molecular flexibility index (Phi) is 5.14. The normalized spacial score (nSPS) is 19.4. The molecule has 0 aromatic carbocycles. The highest BCUT2D eigenvalue weighted by atomic mass is 16.5. The molecule has 0 aliphatic carbocycles. The summed E-state index contributed by atoms with van der Waals surface area (Å²) in [5.74, 6) is 2.57. The van der Waals surface area contributed by atoms with Crippen molar-refractivity contribution in [3.63, 3.8) is 0 Å². The second kappa shape index (κ2) is 6.85. The van der Waals surface area contributed by atoms with Crippen LogP contribution in [0.1, 0.15) is 43.3 Å². The fraction of sp³-hybridized carbons (Fsp3) is 0.733. The summed E-state index contributed by atoms with van der Waals surface area (Å²) in [5.41, 5.74) is 2.34. The van der Waals surface area contributed by atoms with Crippen molar-refractivity contribution in [2.45, 2.75) is 46.5 Å². The lowest BCUT2D eigenvalue weighted by molar-refractivity contribution is 0.0530. The fourth-order valence-electron chi connectivity index (χ4n) is 2.74. The topological polar surface area (TPSA) is 47.0 Å². The van der Waals surface area contributed by atoms with Gasteiger partial charge in [-0.25, -0.2) is 9.97 Å². The maximum absolute atomic E-state index is 5.51. The van der Waals surface area contributed by atoms with E-state index in [2.05, 4.69) is 29.1 Å². The Morgan fingerprint density at radius 3 is 2.84 bits per heavy atom. The molecular weight excluding hydrogens is 238 g/mol. The van der Waals surface area contributed by atoms with Crippen LogP contribution in [0.25, 0.3) is 0 Å². The van der Waals surface area contributed by atoms with Crippen molar-refractivity contribution in [1.29, 1.82) is 0 Å². The molecule has 0 amide bonds. The summed E-state index contributed by atoms with van der Waals surface area (Å²) in [6, 6.07) is 0. The number of nitrogens with one attached hydrogen (secondary N) is 1. The Bertz CT molecular complexity index is 414. The molecule has 0 radical (unpaired) electrons. The number of hydrogen-bond donors (Lipinski definition) is 1. The van der Waals surface area contributed by atoms with Gasteiger partial charge in [-0.3, -0.25) is 0 Å². The van der Waals surface area contributed by atoms with Crippen molar-refractivity contribution in [2.24, 2.45) is 5.92 Å². The molecule has 4 heteroatoms. The van der Waals surface area contributed by atoms with Gasteiger partial charge in [-0.2, -0.15) is 0 Å². The highest BCUT2D eigenvalue weighted by Gasteiger charge is 2.14. The van der Waals surface area contributed by atoms with Gasteiger partial charge in [0.1, 0.15) is 11.6 Å². The molecule has 0 unspecified atom stereocenters. The first-order valence-corrected chi connectivity index (χ1v) is 7.36. The number of anilines is 1. The summed E-state index contributed by atoms with van der Waals surface area (Å²) in [6.45, 7) is 9.00. The van der Waals surface area contributed by atoms with E-state index in [1.807, 2.05) is 6.92 Å². The van der Waals surface area contributed by atoms with Crippen LogP contribution < -0.4 is 5.32 Å². The van der Waals surface area contributed by atoms with Crippen molar-refractivity contribution < 1.29 is 4.74 Å². The molecule has 1 aliphatic heterocycles. The summed E-state index contributed by atoms with van der Waals surface area (Å²) < 4.78 is 5.51. The monoisotopic (exact) mass is 263 g/mol. The third-order valence-corrected chi connectivity index (χ3v) is 3.78. The number of ether oxygens (including phenoxy) is 1. The van der Waals surface area contributed by atoms with E-state index < -0.39 is 0 Å². The van der Waals surface area contributed by atoms with Crippen LogP contribution in [0, 0.1) is 19.8 Å². The molecule has 2 heterocycles. The average molecular weight is 263 g/mol. The molecule has 1 atom stereocenters. The smallest absolute Gasteiger partial charge is 0.133 e. The Balaban J connectivity index is 1.91. The van der Waals surface area contributed by atoms with Crippen molar-refractivity contribution in [3.8, 4) is 0 Å². The third kappa shape index (κ3) is 3.90. The molecule has 19 heavy (non-hydrogen) atoms. The van der Waals surface area contributed by atoms with E-state index in [-0.39, 0.29) is 0 Å². The van der Waals surface area contributed by atoms with Gasteiger partial charge in [0.25, 0.3) is 0 Å². The van der Waals surface area contributed by atoms with Crippen LogP contribution in [0.5, 0.6) is 0 Å². The Morgan fingerprint density at radius 1 is 1.32 bits per heavy atom. The van der Waals surface area contributed by atoms with Crippen LogP contribution >= 0.6 is 0 Å². The van der Waals surface area contributed by atoms with Crippen molar-refractivity contribution in [1.82, 2.24) is 9.97 Å². The van der Waals surface area contributed by atoms with Crippen molar-refractivity contribution in [3.05, 3.63) is 17.1 Å². The molecule has 1 fully saturated rings. The highest BCUT2D eigenvalue weighted by molar-refractivity contribution is 5.46. The van der Waals surface area contributed by atoms with Crippen molar-refractivity contribution in [2.75, 3.05) is 25.1 Å². The number of hydrogen-bond acceptors (Lipinski definition) is 4. The number of rotatable bonds is 5. The van der Waals surface area contributed by atoms with Crippen LogP contribution in [0.4, 0.5) is 5.82 Å². The second-order valence-electron chi connectivity index (χ2n) is 5.34.